The molecular formula is C5H5ClNP. The molecule has 1 aromatic rings. The highest BCUT2D eigenvalue weighted by atomic mass is 35.5. The number of pyridine rings is 1. The Balaban J connectivity index is 3.13. The van der Waals surface area contributed by atoms with Crippen molar-refractivity contribution in [3.05, 3.63) is 23.5 Å². The van der Waals surface area contributed by atoms with Gasteiger partial charge in [0.2, 0.25) is 0 Å². The van der Waals surface area contributed by atoms with E-state index in [9.17, 15) is 0 Å². The van der Waals surface area contributed by atoms with Crippen LogP contribution in [0, 0.1) is 0 Å². The van der Waals surface area contributed by atoms with E-state index in [1.54, 1.807) is 12.4 Å². The van der Waals surface area contributed by atoms with E-state index >= 15 is 0 Å². The first kappa shape index (κ1) is 6.00. The number of nitrogens with zero attached hydrogens (tertiary/aromatic N) is 1. The van der Waals surface area contributed by atoms with Crippen LogP contribution in [-0.4, -0.2) is 4.98 Å². The highest BCUT2D eigenvalue weighted by Gasteiger charge is 1.88. The molecule has 0 aliphatic rings. The van der Waals surface area contributed by atoms with E-state index in [4.69, 9.17) is 11.6 Å². The fraction of sp³-hybridized carbons (Fsp3) is 0. The number of hydrogen-bond donors (Lipinski definition) is 0. The van der Waals surface area contributed by atoms with Crippen LogP contribution in [0.1, 0.15) is 0 Å². The fourth-order valence-corrected chi connectivity index (χ4v) is 0.666. The summed E-state index contributed by atoms with van der Waals surface area (Å²) in [7, 11) is 2.51. The molecule has 0 N–H and O–H groups in total. The van der Waals surface area contributed by atoms with Gasteiger partial charge in [0, 0.05) is 12.4 Å². The second-order valence-electron chi connectivity index (χ2n) is 1.40. The van der Waals surface area contributed by atoms with Gasteiger partial charge in [0.25, 0.3) is 0 Å². The van der Waals surface area contributed by atoms with Crippen molar-refractivity contribution in [1.82, 2.24) is 4.98 Å². The Morgan fingerprint density at radius 2 is 2.38 bits per heavy atom. The summed E-state index contributed by atoms with van der Waals surface area (Å²) in [5.74, 6) is 0. The molecule has 1 atom stereocenters. The SMILES string of the molecule is Pc1ccncc1Cl. The van der Waals surface area contributed by atoms with Gasteiger partial charge in [-0.3, -0.25) is 4.98 Å². The number of hydrogen-bond acceptors (Lipinski definition) is 1. The molecule has 8 heavy (non-hydrogen) atoms. The number of aromatic nitrogens is 1. The summed E-state index contributed by atoms with van der Waals surface area (Å²) < 4.78 is 0. The molecule has 1 heterocycles. The van der Waals surface area contributed by atoms with Crippen LogP contribution in [0.4, 0.5) is 0 Å². The Hall–Kier alpha value is -0.130. The fourth-order valence-electron chi connectivity index (χ4n) is 0.386. The molecule has 0 aromatic carbocycles. The van der Waals surface area contributed by atoms with Crippen LogP contribution in [0.2, 0.25) is 5.02 Å². The Kier molecular flexibility index (Phi) is 1.82. The lowest BCUT2D eigenvalue weighted by atomic mass is 10.5. The average molecular weight is 146 g/mol. The van der Waals surface area contributed by atoms with Crippen molar-refractivity contribution in [1.29, 1.82) is 0 Å². The smallest absolute Gasteiger partial charge is 0.0660 e. The van der Waals surface area contributed by atoms with Crippen LogP contribution < -0.4 is 5.30 Å². The molecule has 0 saturated heterocycles. The van der Waals surface area contributed by atoms with Crippen molar-refractivity contribution in [2.45, 2.75) is 0 Å². The van der Waals surface area contributed by atoms with Crippen molar-refractivity contribution in [3.8, 4) is 0 Å². The molecule has 0 bridgehead atoms. The first-order valence-corrected chi connectivity index (χ1v) is 3.11. The van der Waals surface area contributed by atoms with Crippen molar-refractivity contribution in [2.75, 3.05) is 0 Å². The Labute approximate surface area is 55.3 Å². The minimum Gasteiger partial charge on any atom is -0.263 e. The minimum atomic E-state index is 0.692. The molecule has 1 unspecified atom stereocenters. The first-order valence-electron chi connectivity index (χ1n) is 2.15. The van der Waals surface area contributed by atoms with Crippen LogP contribution in [0.15, 0.2) is 18.5 Å². The maximum absolute atomic E-state index is 5.63. The lowest BCUT2D eigenvalue weighted by Crippen LogP contribution is -1.90. The van der Waals surface area contributed by atoms with E-state index in [1.165, 1.54) is 0 Å². The zero-order chi connectivity index (χ0) is 5.98. The van der Waals surface area contributed by atoms with Crippen molar-refractivity contribution in [3.63, 3.8) is 0 Å². The monoisotopic (exact) mass is 145 g/mol. The molecule has 0 aliphatic heterocycles. The molecule has 0 spiro atoms. The quantitative estimate of drug-likeness (QED) is 0.501. The van der Waals surface area contributed by atoms with Crippen LogP contribution in [-0.2, 0) is 0 Å². The third kappa shape index (κ3) is 1.18. The van der Waals surface area contributed by atoms with Gasteiger partial charge >= 0.3 is 0 Å². The van der Waals surface area contributed by atoms with E-state index < -0.39 is 0 Å². The lowest BCUT2D eigenvalue weighted by Gasteiger charge is -1.90. The molecule has 0 saturated carbocycles. The first-order chi connectivity index (χ1) is 3.80. The predicted octanol–water partition coefficient (Wildman–Crippen LogP) is 1.24. The number of halogens is 1. The molecule has 42 valence electrons. The zero-order valence-corrected chi connectivity index (χ0v) is 6.05. The molecule has 1 rings (SSSR count). The highest BCUT2D eigenvalue weighted by molar-refractivity contribution is 7.28. The van der Waals surface area contributed by atoms with Crippen molar-refractivity contribution in [2.24, 2.45) is 0 Å². The Morgan fingerprint density at radius 3 is 2.75 bits per heavy atom. The van der Waals surface area contributed by atoms with Gasteiger partial charge < -0.3 is 0 Å². The van der Waals surface area contributed by atoms with Gasteiger partial charge in [0.1, 0.15) is 0 Å². The minimum absolute atomic E-state index is 0.692. The van der Waals surface area contributed by atoms with E-state index in [1.807, 2.05) is 6.07 Å². The largest absolute Gasteiger partial charge is 0.263 e. The number of rotatable bonds is 0. The van der Waals surface area contributed by atoms with Gasteiger partial charge in [0.05, 0.1) is 5.02 Å². The standard InChI is InChI=1S/C5H5ClNP/c6-4-3-7-2-1-5(4)8/h1-3H,8H2. The summed E-state index contributed by atoms with van der Waals surface area (Å²) in [6.07, 6.45) is 3.32. The van der Waals surface area contributed by atoms with Gasteiger partial charge in [-0.05, 0) is 11.4 Å². The van der Waals surface area contributed by atoms with Crippen LogP contribution in [0.5, 0.6) is 0 Å². The summed E-state index contributed by atoms with van der Waals surface area (Å²) in [6.45, 7) is 0. The van der Waals surface area contributed by atoms with E-state index in [2.05, 4.69) is 14.2 Å². The van der Waals surface area contributed by atoms with Gasteiger partial charge in [0.15, 0.2) is 0 Å². The van der Waals surface area contributed by atoms with E-state index in [0.29, 0.717) is 5.02 Å². The summed E-state index contributed by atoms with van der Waals surface area (Å²) in [4.78, 5) is 3.80. The maximum atomic E-state index is 5.63. The molecule has 0 amide bonds. The lowest BCUT2D eigenvalue weighted by molar-refractivity contribution is 1.34. The topological polar surface area (TPSA) is 12.9 Å². The summed E-state index contributed by atoms with van der Waals surface area (Å²) in [5.41, 5.74) is 0. The normalized spacial score (nSPS) is 9.25. The predicted molar refractivity (Wildman–Crippen MR) is 38.6 cm³/mol. The third-order valence-corrected chi connectivity index (χ3v) is 1.81. The highest BCUT2D eigenvalue weighted by Crippen LogP contribution is 2.03. The summed E-state index contributed by atoms with van der Waals surface area (Å²) in [6, 6.07) is 1.84. The van der Waals surface area contributed by atoms with Gasteiger partial charge in [-0.2, -0.15) is 0 Å². The van der Waals surface area contributed by atoms with Gasteiger partial charge in [-0.1, -0.05) is 11.6 Å². The van der Waals surface area contributed by atoms with Gasteiger partial charge in [-0.15, -0.1) is 9.24 Å². The van der Waals surface area contributed by atoms with Crippen molar-refractivity contribution >= 4 is 26.1 Å². The Morgan fingerprint density at radius 1 is 1.62 bits per heavy atom. The second kappa shape index (κ2) is 2.43. The van der Waals surface area contributed by atoms with Gasteiger partial charge in [-0.25, -0.2) is 0 Å². The van der Waals surface area contributed by atoms with Crippen LogP contribution >= 0.6 is 20.8 Å². The molecule has 0 aliphatic carbocycles. The molecule has 3 heteroatoms. The summed E-state index contributed by atoms with van der Waals surface area (Å²) >= 11 is 5.63. The zero-order valence-electron chi connectivity index (χ0n) is 4.13. The second-order valence-corrected chi connectivity index (χ2v) is 2.43. The molecule has 0 radical (unpaired) electrons. The van der Waals surface area contributed by atoms with E-state index in [0.717, 1.165) is 5.30 Å². The molecule has 0 fully saturated rings. The molecule has 1 nitrogen and oxygen atoms in total. The maximum Gasteiger partial charge on any atom is 0.0660 e. The van der Waals surface area contributed by atoms with Crippen molar-refractivity contribution < 1.29 is 0 Å². The van der Waals surface area contributed by atoms with Crippen LogP contribution in [0.3, 0.4) is 0 Å². The summed E-state index contributed by atoms with van der Waals surface area (Å²) in [5, 5.41) is 1.68. The molecular weight excluding hydrogens is 140 g/mol. The van der Waals surface area contributed by atoms with Crippen LogP contribution in [0.25, 0.3) is 0 Å². The molecule has 1 aromatic heterocycles. The third-order valence-electron chi connectivity index (χ3n) is 0.804. The van der Waals surface area contributed by atoms with E-state index in [-0.39, 0.29) is 0 Å². The average Bonchev–Trinajstić information content (AvgIpc) is 1.77. The Bertz CT molecular complexity index is 169.